The first kappa shape index (κ1) is 18.4. The molecule has 22 heavy (non-hydrogen) atoms. The SMILES string of the molecule is CCN(CC)CCNC(=O)c1cc(S(N)(=O)=O)ccc1OC. The highest BCUT2D eigenvalue weighted by Crippen LogP contribution is 2.21. The van der Waals surface area contributed by atoms with E-state index in [1.165, 1.54) is 25.3 Å². The third-order valence-electron chi connectivity index (χ3n) is 3.35. The Morgan fingerprint density at radius 1 is 1.32 bits per heavy atom. The van der Waals surface area contributed by atoms with Crippen LogP contribution in [-0.2, 0) is 10.0 Å². The molecule has 8 heteroatoms. The molecule has 124 valence electrons. The van der Waals surface area contributed by atoms with E-state index in [1.54, 1.807) is 0 Å². The van der Waals surface area contributed by atoms with E-state index in [-0.39, 0.29) is 10.5 Å². The number of sulfonamides is 1. The van der Waals surface area contributed by atoms with Crippen LogP contribution in [0.2, 0.25) is 0 Å². The summed E-state index contributed by atoms with van der Waals surface area (Å²) in [7, 11) is -2.45. The van der Waals surface area contributed by atoms with Crippen molar-refractivity contribution in [1.29, 1.82) is 0 Å². The van der Waals surface area contributed by atoms with Gasteiger partial charge >= 0.3 is 0 Å². The second-order valence-electron chi connectivity index (χ2n) is 4.69. The fourth-order valence-corrected chi connectivity index (χ4v) is 2.54. The average molecular weight is 329 g/mol. The summed E-state index contributed by atoms with van der Waals surface area (Å²) in [5, 5.41) is 7.84. The Labute approximate surface area is 131 Å². The molecule has 0 aromatic heterocycles. The van der Waals surface area contributed by atoms with E-state index in [1.807, 2.05) is 13.8 Å². The quantitative estimate of drug-likeness (QED) is 0.719. The summed E-state index contributed by atoms with van der Waals surface area (Å²) in [6.45, 7) is 7.07. The lowest BCUT2D eigenvalue weighted by atomic mass is 10.2. The monoisotopic (exact) mass is 329 g/mol. The molecule has 0 unspecified atom stereocenters. The van der Waals surface area contributed by atoms with Crippen LogP contribution in [0.4, 0.5) is 0 Å². The fraction of sp³-hybridized carbons (Fsp3) is 0.500. The molecule has 0 spiro atoms. The number of hydrogen-bond acceptors (Lipinski definition) is 5. The highest BCUT2D eigenvalue weighted by atomic mass is 32.2. The van der Waals surface area contributed by atoms with Crippen molar-refractivity contribution in [1.82, 2.24) is 10.2 Å². The number of hydrogen-bond donors (Lipinski definition) is 2. The van der Waals surface area contributed by atoms with Gasteiger partial charge in [-0.3, -0.25) is 4.79 Å². The van der Waals surface area contributed by atoms with E-state index in [4.69, 9.17) is 9.88 Å². The van der Waals surface area contributed by atoms with Crippen molar-refractivity contribution in [2.24, 2.45) is 5.14 Å². The summed E-state index contributed by atoms with van der Waals surface area (Å²) in [6, 6.07) is 3.95. The van der Waals surface area contributed by atoms with E-state index in [0.717, 1.165) is 19.6 Å². The third kappa shape index (κ3) is 4.97. The van der Waals surface area contributed by atoms with Crippen LogP contribution in [0.15, 0.2) is 23.1 Å². The van der Waals surface area contributed by atoms with Gasteiger partial charge in [0, 0.05) is 13.1 Å². The molecule has 7 nitrogen and oxygen atoms in total. The van der Waals surface area contributed by atoms with Crippen molar-refractivity contribution in [2.75, 3.05) is 33.3 Å². The van der Waals surface area contributed by atoms with Crippen molar-refractivity contribution in [3.05, 3.63) is 23.8 Å². The molecule has 0 aliphatic heterocycles. The maximum atomic E-state index is 12.2. The molecule has 0 radical (unpaired) electrons. The molecule has 0 bridgehead atoms. The van der Waals surface area contributed by atoms with Crippen molar-refractivity contribution < 1.29 is 17.9 Å². The molecule has 1 aromatic rings. The van der Waals surface area contributed by atoms with Crippen LogP contribution < -0.4 is 15.2 Å². The molecule has 0 saturated carbocycles. The first-order chi connectivity index (χ1) is 10.3. The third-order valence-corrected chi connectivity index (χ3v) is 4.26. The molecule has 0 atom stereocenters. The Hall–Kier alpha value is -1.64. The van der Waals surface area contributed by atoms with Crippen molar-refractivity contribution >= 4 is 15.9 Å². The Morgan fingerprint density at radius 2 is 1.95 bits per heavy atom. The summed E-state index contributed by atoms with van der Waals surface area (Å²) in [5.41, 5.74) is 0.147. The van der Waals surface area contributed by atoms with E-state index < -0.39 is 15.9 Å². The van der Waals surface area contributed by atoms with E-state index >= 15 is 0 Å². The second kappa shape index (κ2) is 8.11. The number of amides is 1. The Balaban J connectivity index is 2.87. The highest BCUT2D eigenvalue weighted by molar-refractivity contribution is 7.89. The van der Waals surface area contributed by atoms with Crippen LogP contribution >= 0.6 is 0 Å². The van der Waals surface area contributed by atoms with Gasteiger partial charge < -0.3 is 15.0 Å². The molecule has 1 amide bonds. The van der Waals surface area contributed by atoms with Gasteiger partial charge in [-0.25, -0.2) is 13.6 Å². The average Bonchev–Trinajstić information content (AvgIpc) is 2.49. The van der Waals surface area contributed by atoms with Gasteiger partial charge in [-0.1, -0.05) is 13.8 Å². The van der Waals surface area contributed by atoms with Gasteiger partial charge in [-0.15, -0.1) is 0 Å². The van der Waals surface area contributed by atoms with Crippen molar-refractivity contribution in [2.45, 2.75) is 18.7 Å². The molecular weight excluding hydrogens is 306 g/mol. The fourth-order valence-electron chi connectivity index (χ4n) is 2.00. The molecule has 1 aromatic carbocycles. The van der Waals surface area contributed by atoms with E-state index in [9.17, 15) is 13.2 Å². The number of methoxy groups -OCH3 is 1. The zero-order chi connectivity index (χ0) is 16.8. The highest BCUT2D eigenvalue weighted by Gasteiger charge is 2.17. The van der Waals surface area contributed by atoms with Crippen molar-refractivity contribution in [3.63, 3.8) is 0 Å². The Morgan fingerprint density at radius 3 is 2.45 bits per heavy atom. The first-order valence-corrected chi connectivity index (χ1v) is 8.59. The zero-order valence-electron chi connectivity index (χ0n) is 13.1. The van der Waals surface area contributed by atoms with Crippen LogP contribution in [-0.4, -0.2) is 52.5 Å². The van der Waals surface area contributed by atoms with Gasteiger partial charge in [0.15, 0.2) is 0 Å². The molecule has 0 aliphatic carbocycles. The number of rotatable bonds is 8. The molecule has 0 fully saturated rings. The van der Waals surface area contributed by atoms with Gasteiger partial charge in [0.2, 0.25) is 10.0 Å². The van der Waals surface area contributed by atoms with Gasteiger partial charge in [0.05, 0.1) is 17.6 Å². The zero-order valence-corrected chi connectivity index (χ0v) is 13.9. The summed E-state index contributed by atoms with van der Waals surface area (Å²) < 4.78 is 27.9. The van der Waals surface area contributed by atoms with Crippen LogP contribution in [0.3, 0.4) is 0 Å². The maximum absolute atomic E-state index is 12.2. The van der Waals surface area contributed by atoms with Crippen LogP contribution in [0.5, 0.6) is 5.75 Å². The van der Waals surface area contributed by atoms with Crippen LogP contribution in [0.25, 0.3) is 0 Å². The summed E-state index contributed by atoms with van der Waals surface area (Å²) in [6.07, 6.45) is 0. The minimum absolute atomic E-state index is 0.123. The molecular formula is C14H23N3O4S. The predicted molar refractivity (Wildman–Crippen MR) is 84.5 cm³/mol. The number of benzene rings is 1. The Kier molecular flexibility index (Phi) is 6.79. The largest absolute Gasteiger partial charge is 0.496 e. The van der Waals surface area contributed by atoms with Gasteiger partial charge in [-0.05, 0) is 31.3 Å². The minimum atomic E-state index is -3.87. The normalized spacial score (nSPS) is 11.5. The topological polar surface area (TPSA) is 102 Å². The number of carbonyl (C=O) groups is 1. The number of nitrogens with one attached hydrogen (secondary N) is 1. The van der Waals surface area contributed by atoms with Gasteiger partial charge in [0.1, 0.15) is 5.75 Å². The molecule has 0 heterocycles. The van der Waals surface area contributed by atoms with Gasteiger partial charge in [0.25, 0.3) is 5.91 Å². The maximum Gasteiger partial charge on any atom is 0.255 e. The molecule has 1 rings (SSSR count). The standard InChI is InChI=1S/C14H23N3O4S/c1-4-17(5-2)9-8-16-14(18)12-10-11(22(15,19)20)6-7-13(12)21-3/h6-7,10H,4-5,8-9H2,1-3H3,(H,16,18)(H2,15,19,20). The van der Waals surface area contributed by atoms with Crippen molar-refractivity contribution in [3.8, 4) is 5.75 Å². The number of carbonyl (C=O) groups excluding carboxylic acids is 1. The number of ether oxygens (including phenoxy) is 1. The van der Waals surface area contributed by atoms with E-state index in [2.05, 4.69) is 10.2 Å². The van der Waals surface area contributed by atoms with Gasteiger partial charge in [-0.2, -0.15) is 0 Å². The lowest BCUT2D eigenvalue weighted by molar-refractivity contribution is 0.0945. The molecule has 0 aliphatic rings. The lowest BCUT2D eigenvalue weighted by Gasteiger charge is -2.18. The number of nitrogens with two attached hydrogens (primary N) is 1. The second-order valence-corrected chi connectivity index (χ2v) is 6.25. The van der Waals surface area contributed by atoms with Crippen LogP contribution in [0, 0.1) is 0 Å². The summed E-state index contributed by atoms with van der Waals surface area (Å²) in [4.78, 5) is 14.3. The molecule has 0 saturated heterocycles. The van der Waals surface area contributed by atoms with Crippen LogP contribution in [0.1, 0.15) is 24.2 Å². The lowest BCUT2D eigenvalue weighted by Crippen LogP contribution is -2.35. The summed E-state index contributed by atoms with van der Waals surface area (Å²) >= 11 is 0. The molecule has 3 N–H and O–H groups in total. The van der Waals surface area contributed by atoms with E-state index in [0.29, 0.717) is 12.3 Å². The number of primary sulfonamides is 1. The number of nitrogens with zero attached hydrogens (tertiary/aromatic N) is 1. The minimum Gasteiger partial charge on any atom is -0.496 e. The number of likely N-dealkylation sites (N-methyl/N-ethyl adjacent to an activating group) is 1. The summed E-state index contributed by atoms with van der Waals surface area (Å²) in [5.74, 6) is -0.0951. The smallest absolute Gasteiger partial charge is 0.255 e. The Bertz CT molecular complexity index is 613. The predicted octanol–water partition coefficient (Wildman–Crippen LogP) is 0.414. The first-order valence-electron chi connectivity index (χ1n) is 7.04.